The van der Waals surface area contributed by atoms with Crippen LogP contribution in [-0.4, -0.2) is 37.7 Å². The maximum atomic E-state index is 11.4. The van der Waals surface area contributed by atoms with Crippen LogP contribution in [0.25, 0.3) is 0 Å². The Balaban J connectivity index is 2.07. The van der Waals surface area contributed by atoms with Gasteiger partial charge in [-0.1, -0.05) is 0 Å². The quantitative estimate of drug-likeness (QED) is 0.714. The molecule has 0 aromatic carbocycles. The van der Waals surface area contributed by atoms with Crippen LogP contribution in [0.3, 0.4) is 0 Å². The van der Waals surface area contributed by atoms with E-state index in [0.717, 1.165) is 26.0 Å². The molecule has 1 heterocycles. The van der Waals surface area contributed by atoms with Crippen LogP contribution in [0.4, 0.5) is 0 Å². The first-order chi connectivity index (χ1) is 7.74. The van der Waals surface area contributed by atoms with Crippen LogP contribution in [0.2, 0.25) is 0 Å². The van der Waals surface area contributed by atoms with Gasteiger partial charge in [-0.15, -0.1) is 0 Å². The minimum absolute atomic E-state index is 0.0760. The molecule has 1 rings (SSSR count). The molecule has 1 aliphatic rings. The number of likely N-dealkylation sites (N-methyl/N-ethyl adjacent to an activating group) is 1. The second kappa shape index (κ2) is 7.63. The first kappa shape index (κ1) is 13.5. The molecule has 2 atom stereocenters. The number of carbonyl (C=O) groups is 1. The second-order valence-electron chi connectivity index (χ2n) is 4.35. The molecule has 16 heavy (non-hydrogen) atoms. The Bertz CT molecular complexity index is 203. The zero-order chi connectivity index (χ0) is 11.8. The highest BCUT2D eigenvalue weighted by atomic mass is 16.5. The minimum atomic E-state index is -0.108. The number of hydrogen-bond acceptors (Lipinski definition) is 3. The summed E-state index contributed by atoms with van der Waals surface area (Å²) in [5.74, 6) is 0.0760. The third-order valence-corrected chi connectivity index (χ3v) is 2.94. The first-order valence-electron chi connectivity index (χ1n) is 6.36. The number of hydrogen-bond donors (Lipinski definition) is 2. The van der Waals surface area contributed by atoms with Crippen molar-refractivity contribution < 1.29 is 9.53 Å². The number of rotatable bonds is 6. The van der Waals surface area contributed by atoms with E-state index in [2.05, 4.69) is 10.6 Å². The van der Waals surface area contributed by atoms with Gasteiger partial charge in [-0.2, -0.15) is 0 Å². The molecule has 0 saturated carbocycles. The summed E-state index contributed by atoms with van der Waals surface area (Å²) >= 11 is 0. The molecule has 0 aromatic rings. The predicted molar refractivity (Wildman–Crippen MR) is 64.4 cm³/mol. The van der Waals surface area contributed by atoms with E-state index >= 15 is 0 Å². The van der Waals surface area contributed by atoms with E-state index < -0.39 is 0 Å². The van der Waals surface area contributed by atoms with Gasteiger partial charge in [0.25, 0.3) is 0 Å². The van der Waals surface area contributed by atoms with E-state index in [9.17, 15) is 4.79 Å². The van der Waals surface area contributed by atoms with Gasteiger partial charge in [0.1, 0.15) is 0 Å². The highest BCUT2D eigenvalue weighted by molar-refractivity contribution is 5.81. The lowest BCUT2D eigenvalue weighted by Gasteiger charge is -2.23. The number of carbonyl (C=O) groups excluding carboxylic acids is 1. The number of ether oxygens (including phenoxy) is 1. The SMILES string of the molecule is CCNC(=O)C(C)NCCC1CCCCO1. The van der Waals surface area contributed by atoms with Gasteiger partial charge in [0, 0.05) is 13.2 Å². The maximum absolute atomic E-state index is 11.4. The molecule has 94 valence electrons. The fourth-order valence-corrected chi connectivity index (χ4v) is 1.92. The molecule has 2 unspecified atom stereocenters. The van der Waals surface area contributed by atoms with Crippen LogP contribution >= 0.6 is 0 Å². The molecule has 1 aliphatic heterocycles. The maximum Gasteiger partial charge on any atom is 0.236 e. The van der Waals surface area contributed by atoms with Crippen LogP contribution in [-0.2, 0) is 9.53 Å². The van der Waals surface area contributed by atoms with E-state index in [1.807, 2.05) is 13.8 Å². The molecule has 0 spiro atoms. The van der Waals surface area contributed by atoms with Gasteiger partial charge in [0.2, 0.25) is 5.91 Å². The molecular formula is C12H24N2O2. The molecule has 1 amide bonds. The van der Waals surface area contributed by atoms with Crippen molar-refractivity contribution in [1.82, 2.24) is 10.6 Å². The summed E-state index contributed by atoms with van der Waals surface area (Å²) in [5, 5.41) is 6.02. The Morgan fingerprint density at radius 1 is 1.50 bits per heavy atom. The van der Waals surface area contributed by atoms with Gasteiger partial charge < -0.3 is 15.4 Å². The zero-order valence-corrected chi connectivity index (χ0v) is 10.4. The minimum Gasteiger partial charge on any atom is -0.378 e. The van der Waals surface area contributed by atoms with Crippen molar-refractivity contribution in [2.45, 2.75) is 51.7 Å². The Morgan fingerprint density at radius 2 is 2.31 bits per heavy atom. The summed E-state index contributed by atoms with van der Waals surface area (Å²) in [5.41, 5.74) is 0. The Labute approximate surface area is 98.1 Å². The summed E-state index contributed by atoms with van der Waals surface area (Å²) in [7, 11) is 0. The summed E-state index contributed by atoms with van der Waals surface area (Å²) in [6, 6.07) is -0.108. The molecular weight excluding hydrogens is 204 g/mol. The van der Waals surface area contributed by atoms with E-state index in [1.165, 1.54) is 12.8 Å². The fraction of sp³-hybridized carbons (Fsp3) is 0.917. The first-order valence-corrected chi connectivity index (χ1v) is 6.36. The monoisotopic (exact) mass is 228 g/mol. The lowest BCUT2D eigenvalue weighted by Crippen LogP contribution is -2.43. The molecule has 1 fully saturated rings. The van der Waals surface area contributed by atoms with Crippen molar-refractivity contribution in [2.75, 3.05) is 19.7 Å². The summed E-state index contributed by atoms with van der Waals surface area (Å²) < 4.78 is 5.63. The molecule has 4 nitrogen and oxygen atoms in total. The highest BCUT2D eigenvalue weighted by Gasteiger charge is 2.15. The van der Waals surface area contributed by atoms with E-state index in [1.54, 1.807) is 0 Å². The van der Waals surface area contributed by atoms with Crippen LogP contribution < -0.4 is 10.6 Å². The van der Waals surface area contributed by atoms with Gasteiger partial charge in [-0.25, -0.2) is 0 Å². The largest absolute Gasteiger partial charge is 0.378 e. The van der Waals surface area contributed by atoms with Crippen LogP contribution in [0.5, 0.6) is 0 Å². The number of amides is 1. The Morgan fingerprint density at radius 3 is 2.94 bits per heavy atom. The third kappa shape index (κ3) is 4.94. The predicted octanol–water partition coefficient (Wildman–Crippen LogP) is 1.06. The van der Waals surface area contributed by atoms with E-state index in [4.69, 9.17) is 4.74 Å². The Kier molecular flexibility index (Phi) is 6.42. The molecule has 0 bridgehead atoms. The molecule has 2 N–H and O–H groups in total. The van der Waals surface area contributed by atoms with Crippen molar-refractivity contribution >= 4 is 5.91 Å². The smallest absolute Gasteiger partial charge is 0.236 e. The van der Waals surface area contributed by atoms with Crippen molar-refractivity contribution in [3.63, 3.8) is 0 Å². The average Bonchev–Trinajstić information content (AvgIpc) is 2.30. The van der Waals surface area contributed by atoms with Crippen molar-refractivity contribution in [3.8, 4) is 0 Å². The number of nitrogens with one attached hydrogen (secondary N) is 2. The molecule has 0 aliphatic carbocycles. The Hall–Kier alpha value is -0.610. The normalized spacial score (nSPS) is 22.8. The van der Waals surface area contributed by atoms with E-state index in [0.29, 0.717) is 12.6 Å². The summed E-state index contributed by atoms with van der Waals surface area (Å²) in [4.78, 5) is 11.4. The molecule has 0 aromatic heterocycles. The lowest BCUT2D eigenvalue weighted by atomic mass is 10.1. The van der Waals surface area contributed by atoms with Crippen LogP contribution in [0, 0.1) is 0 Å². The summed E-state index contributed by atoms with van der Waals surface area (Å²) in [6.07, 6.45) is 5.03. The van der Waals surface area contributed by atoms with Gasteiger partial charge in [-0.3, -0.25) is 4.79 Å². The standard InChI is InChI=1S/C12H24N2O2/c1-3-13-12(15)10(2)14-8-7-11-6-4-5-9-16-11/h10-11,14H,3-9H2,1-2H3,(H,13,15). The zero-order valence-electron chi connectivity index (χ0n) is 10.4. The average molecular weight is 228 g/mol. The van der Waals surface area contributed by atoms with Gasteiger partial charge in [0.05, 0.1) is 12.1 Å². The molecule has 1 saturated heterocycles. The highest BCUT2D eigenvalue weighted by Crippen LogP contribution is 2.14. The van der Waals surface area contributed by atoms with Crippen LogP contribution in [0.1, 0.15) is 39.5 Å². The molecule has 0 radical (unpaired) electrons. The summed E-state index contributed by atoms with van der Waals surface area (Å²) in [6.45, 7) is 6.27. The van der Waals surface area contributed by atoms with Crippen molar-refractivity contribution in [1.29, 1.82) is 0 Å². The van der Waals surface area contributed by atoms with Gasteiger partial charge in [0.15, 0.2) is 0 Å². The van der Waals surface area contributed by atoms with Gasteiger partial charge in [-0.05, 0) is 46.1 Å². The fourth-order valence-electron chi connectivity index (χ4n) is 1.92. The lowest BCUT2D eigenvalue weighted by molar-refractivity contribution is -0.122. The third-order valence-electron chi connectivity index (χ3n) is 2.94. The van der Waals surface area contributed by atoms with E-state index in [-0.39, 0.29) is 11.9 Å². The molecule has 4 heteroatoms. The van der Waals surface area contributed by atoms with Gasteiger partial charge >= 0.3 is 0 Å². The topological polar surface area (TPSA) is 50.4 Å². The van der Waals surface area contributed by atoms with Crippen molar-refractivity contribution in [2.24, 2.45) is 0 Å². The van der Waals surface area contributed by atoms with Crippen molar-refractivity contribution in [3.05, 3.63) is 0 Å². The second-order valence-corrected chi connectivity index (χ2v) is 4.35. The van der Waals surface area contributed by atoms with Crippen LogP contribution in [0.15, 0.2) is 0 Å².